The van der Waals surface area contributed by atoms with Crippen molar-refractivity contribution in [1.29, 1.82) is 0 Å². The molecule has 98 valence electrons. The SMILES string of the molecule is CC(C)Oc1ccc2c(c1)Oc1cc(F)ccc1S2. The first kappa shape index (κ1) is 12.4. The molecule has 0 aliphatic carbocycles. The van der Waals surface area contributed by atoms with Gasteiger partial charge in [0.15, 0.2) is 0 Å². The van der Waals surface area contributed by atoms with Crippen LogP contribution in [0.2, 0.25) is 0 Å². The number of ether oxygens (including phenoxy) is 2. The molecule has 2 aromatic carbocycles. The molecule has 0 atom stereocenters. The number of halogens is 1. The van der Waals surface area contributed by atoms with Gasteiger partial charge in [-0.15, -0.1) is 0 Å². The average Bonchev–Trinajstić information content (AvgIpc) is 2.35. The largest absolute Gasteiger partial charge is 0.491 e. The van der Waals surface area contributed by atoms with E-state index < -0.39 is 0 Å². The number of hydrogen-bond acceptors (Lipinski definition) is 3. The Hall–Kier alpha value is -1.68. The number of benzene rings is 2. The molecule has 0 bridgehead atoms. The van der Waals surface area contributed by atoms with E-state index in [1.54, 1.807) is 17.8 Å². The number of hydrogen-bond donors (Lipinski definition) is 0. The Morgan fingerprint density at radius 2 is 1.74 bits per heavy atom. The van der Waals surface area contributed by atoms with Crippen molar-refractivity contribution in [1.82, 2.24) is 0 Å². The van der Waals surface area contributed by atoms with Gasteiger partial charge < -0.3 is 9.47 Å². The highest BCUT2D eigenvalue weighted by Crippen LogP contribution is 2.48. The van der Waals surface area contributed by atoms with Crippen molar-refractivity contribution < 1.29 is 13.9 Å². The van der Waals surface area contributed by atoms with Gasteiger partial charge >= 0.3 is 0 Å². The van der Waals surface area contributed by atoms with Crippen molar-refractivity contribution >= 4 is 11.8 Å². The van der Waals surface area contributed by atoms with Gasteiger partial charge in [-0.2, -0.15) is 0 Å². The Kier molecular flexibility index (Phi) is 3.11. The van der Waals surface area contributed by atoms with Gasteiger partial charge in [-0.05, 0) is 38.1 Å². The smallest absolute Gasteiger partial charge is 0.145 e. The second kappa shape index (κ2) is 4.78. The second-order valence-electron chi connectivity index (χ2n) is 4.57. The molecule has 1 aliphatic heterocycles. The highest BCUT2D eigenvalue weighted by atomic mass is 32.2. The first-order chi connectivity index (χ1) is 9.11. The van der Waals surface area contributed by atoms with Crippen LogP contribution in [0.4, 0.5) is 4.39 Å². The Balaban J connectivity index is 1.94. The van der Waals surface area contributed by atoms with Crippen LogP contribution in [0.5, 0.6) is 17.2 Å². The predicted octanol–water partition coefficient (Wildman–Crippen LogP) is 4.87. The van der Waals surface area contributed by atoms with Crippen molar-refractivity contribution in [3.63, 3.8) is 0 Å². The van der Waals surface area contributed by atoms with Gasteiger partial charge in [0.1, 0.15) is 23.1 Å². The first-order valence-corrected chi connectivity index (χ1v) is 6.89. The minimum absolute atomic E-state index is 0.110. The maximum atomic E-state index is 13.2. The summed E-state index contributed by atoms with van der Waals surface area (Å²) in [5.41, 5.74) is 0. The molecule has 0 saturated carbocycles. The average molecular weight is 276 g/mol. The molecule has 0 saturated heterocycles. The quantitative estimate of drug-likeness (QED) is 0.665. The lowest BCUT2D eigenvalue weighted by molar-refractivity contribution is 0.241. The van der Waals surface area contributed by atoms with Gasteiger partial charge in [-0.1, -0.05) is 11.8 Å². The van der Waals surface area contributed by atoms with Gasteiger partial charge in [0.2, 0.25) is 0 Å². The summed E-state index contributed by atoms with van der Waals surface area (Å²) < 4.78 is 24.6. The van der Waals surface area contributed by atoms with E-state index in [9.17, 15) is 4.39 Å². The fourth-order valence-corrected chi connectivity index (χ4v) is 2.79. The number of rotatable bonds is 2. The maximum Gasteiger partial charge on any atom is 0.145 e. The molecule has 0 fully saturated rings. The molecule has 3 rings (SSSR count). The first-order valence-electron chi connectivity index (χ1n) is 6.08. The van der Waals surface area contributed by atoms with Crippen LogP contribution in [0.3, 0.4) is 0 Å². The van der Waals surface area contributed by atoms with E-state index in [0.717, 1.165) is 15.5 Å². The Bertz CT molecular complexity index is 626. The molecule has 0 amide bonds. The fourth-order valence-electron chi connectivity index (χ4n) is 1.88. The Morgan fingerprint density at radius 1 is 1.05 bits per heavy atom. The van der Waals surface area contributed by atoms with E-state index in [-0.39, 0.29) is 11.9 Å². The summed E-state index contributed by atoms with van der Waals surface area (Å²) in [5.74, 6) is 1.73. The minimum atomic E-state index is -0.294. The van der Waals surface area contributed by atoms with E-state index in [4.69, 9.17) is 9.47 Å². The Labute approximate surface area is 115 Å². The van der Waals surface area contributed by atoms with Gasteiger partial charge in [0, 0.05) is 12.1 Å². The van der Waals surface area contributed by atoms with Crippen LogP contribution in [0.25, 0.3) is 0 Å². The van der Waals surface area contributed by atoms with Crippen LogP contribution in [0, 0.1) is 5.82 Å². The third-order valence-corrected chi connectivity index (χ3v) is 3.75. The summed E-state index contributed by atoms with van der Waals surface area (Å²) in [6.07, 6.45) is 0.110. The van der Waals surface area contributed by atoms with E-state index >= 15 is 0 Å². The van der Waals surface area contributed by atoms with E-state index in [1.165, 1.54) is 12.1 Å². The topological polar surface area (TPSA) is 18.5 Å². The van der Waals surface area contributed by atoms with Crippen molar-refractivity contribution in [3.05, 3.63) is 42.2 Å². The molecule has 0 spiro atoms. The van der Waals surface area contributed by atoms with Crippen molar-refractivity contribution in [2.24, 2.45) is 0 Å². The highest BCUT2D eigenvalue weighted by Gasteiger charge is 2.19. The monoisotopic (exact) mass is 276 g/mol. The van der Waals surface area contributed by atoms with Gasteiger partial charge in [-0.3, -0.25) is 0 Å². The highest BCUT2D eigenvalue weighted by molar-refractivity contribution is 7.99. The fraction of sp³-hybridized carbons (Fsp3) is 0.200. The molecular formula is C15H13FO2S. The zero-order valence-corrected chi connectivity index (χ0v) is 11.5. The lowest BCUT2D eigenvalue weighted by Gasteiger charge is -2.20. The summed E-state index contributed by atoms with van der Waals surface area (Å²) >= 11 is 1.57. The normalized spacial score (nSPS) is 12.6. The predicted molar refractivity (Wildman–Crippen MR) is 72.8 cm³/mol. The summed E-state index contributed by atoms with van der Waals surface area (Å²) in [5, 5.41) is 0. The lowest BCUT2D eigenvalue weighted by atomic mass is 10.3. The van der Waals surface area contributed by atoms with E-state index in [2.05, 4.69) is 0 Å². The molecule has 0 N–H and O–H groups in total. The number of fused-ring (bicyclic) bond motifs is 2. The molecule has 0 radical (unpaired) electrons. The molecule has 2 nitrogen and oxygen atoms in total. The zero-order valence-electron chi connectivity index (χ0n) is 10.6. The van der Waals surface area contributed by atoms with Crippen LogP contribution >= 0.6 is 11.8 Å². The molecule has 0 aromatic heterocycles. The standard InChI is InChI=1S/C15H13FO2S/c1-9(2)17-11-4-6-15-13(8-11)18-12-7-10(16)3-5-14(12)19-15/h3-9H,1-2H3. The van der Waals surface area contributed by atoms with E-state index in [0.29, 0.717) is 11.5 Å². The molecule has 19 heavy (non-hydrogen) atoms. The third kappa shape index (κ3) is 2.54. The molecular weight excluding hydrogens is 263 g/mol. The second-order valence-corrected chi connectivity index (χ2v) is 5.65. The molecule has 4 heteroatoms. The van der Waals surface area contributed by atoms with Crippen molar-refractivity contribution in [2.75, 3.05) is 0 Å². The van der Waals surface area contributed by atoms with Gasteiger partial charge in [0.25, 0.3) is 0 Å². The zero-order chi connectivity index (χ0) is 13.4. The third-order valence-electron chi connectivity index (χ3n) is 2.63. The van der Waals surface area contributed by atoms with Gasteiger partial charge in [-0.25, -0.2) is 4.39 Å². The molecule has 1 heterocycles. The van der Waals surface area contributed by atoms with E-state index in [1.807, 2.05) is 32.0 Å². The molecule has 0 unspecified atom stereocenters. The molecule has 2 aromatic rings. The maximum absolute atomic E-state index is 13.2. The van der Waals surface area contributed by atoms with Crippen LogP contribution < -0.4 is 9.47 Å². The molecule has 1 aliphatic rings. The summed E-state index contributed by atoms with van der Waals surface area (Å²) in [6.45, 7) is 3.94. The minimum Gasteiger partial charge on any atom is -0.491 e. The van der Waals surface area contributed by atoms with Crippen LogP contribution in [-0.4, -0.2) is 6.10 Å². The van der Waals surface area contributed by atoms with Gasteiger partial charge in [0.05, 0.1) is 15.9 Å². The van der Waals surface area contributed by atoms with Crippen molar-refractivity contribution in [2.45, 2.75) is 29.7 Å². The van der Waals surface area contributed by atoms with Crippen LogP contribution in [0.15, 0.2) is 46.2 Å². The van der Waals surface area contributed by atoms with Crippen LogP contribution in [-0.2, 0) is 0 Å². The lowest BCUT2D eigenvalue weighted by Crippen LogP contribution is -2.06. The summed E-state index contributed by atoms with van der Waals surface area (Å²) in [4.78, 5) is 1.93. The van der Waals surface area contributed by atoms with Crippen molar-refractivity contribution in [3.8, 4) is 17.2 Å². The summed E-state index contributed by atoms with van der Waals surface area (Å²) in [6, 6.07) is 10.3. The summed E-state index contributed by atoms with van der Waals surface area (Å²) in [7, 11) is 0. The Morgan fingerprint density at radius 3 is 2.47 bits per heavy atom. The van der Waals surface area contributed by atoms with Crippen LogP contribution in [0.1, 0.15) is 13.8 Å².